The van der Waals surface area contributed by atoms with Crippen molar-refractivity contribution >= 4 is 5.91 Å². The molecule has 0 bridgehead atoms. The van der Waals surface area contributed by atoms with Gasteiger partial charge in [-0.2, -0.15) is 0 Å². The summed E-state index contributed by atoms with van der Waals surface area (Å²) < 4.78 is 5.14. The zero-order valence-electron chi connectivity index (χ0n) is 12.6. The van der Waals surface area contributed by atoms with E-state index in [0.717, 1.165) is 57.9 Å². The van der Waals surface area contributed by atoms with Crippen molar-refractivity contribution in [3.63, 3.8) is 0 Å². The van der Waals surface area contributed by atoms with Crippen LogP contribution in [0.1, 0.15) is 37.7 Å². The van der Waals surface area contributed by atoms with Gasteiger partial charge in [-0.15, -0.1) is 0 Å². The molecule has 3 aliphatic rings. The van der Waals surface area contributed by atoms with Gasteiger partial charge in [0.15, 0.2) is 0 Å². The van der Waals surface area contributed by atoms with E-state index >= 15 is 0 Å². The van der Waals surface area contributed by atoms with Gasteiger partial charge in [0.1, 0.15) is 0 Å². The number of amides is 1. The zero-order chi connectivity index (χ0) is 14.3. The van der Waals surface area contributed by atoms with Crippen LogP contribution in [0.5, 0.6) is 0 Å². The second kappa shape index (κ2) is 5.16. The van der Waals surface area contributed by atoms with Crippen LogP contribution in [0.25, 0.3) is 0 Å². The Balaban J connectivity index is 1.34. The first-order valence-corrected chi connectivity index (χ1v) is 8.28. The molecule has 0 aromatic carbocycles. The fourth-order valence-corrected chi connectivity index (χ4v) is 3.92. The molecule has 1 amide bonds. The molecule has 0 radical (unpaired) electrons. The lowest BCUT2D eigenvalue weighted by atomic mass is 9.77. The number of carbonyl (C=O) groups excluding carboxylic acids is 1. The summed E-state index contributed by atoms with van der Waals surface area (Å²) in [4.78, 5) is 17.4. The molecule has 3 fully saturated rings. The van der Waals surface area contributed by atoms with E-state index in [1.54, 1.807) is 6.26 Å². The van der Waals surface area contributed by atoms with Crippen molar-refractivity contribution in [1.29, 1.82) is 0 Å². The Kier molecular flexibility index (Phi) is 3.29. The molecule has 21 heavy (non-hydrogen) atoms. The predicted octanol–water partition coefficient (Wildman–Crippen LogP) is 2.50. The van der Waals surface area contributed by atoms with Gasteiger partial charge in [0.25, 0.3) is 0 Å². The van der Waals surface area contributed by atoms with Crippen LogP contribution in [0.15, 0.2) is 23.0 Å². The Morgan fingerprint density at radius 2 is 1.95 bits per heavy atom. The zero-order valence-corrected chi connectivity index (χ0v) is 12.6. The Morgan fingerprint density at radius 3 is 2.62 bits per heavy atom. The van der Waals surface area contributed by atoms with E-state index in [1.165, 1.54) is 18.4 Å². The van der Waals surface area contributed by atoms with E-state index in [2.05, 4.69) is 9.80 Å². The van der Waals surface area contributed by atoms with Crippen molar-refractivity contribution in [3.05, 3.63) is 24.2 Å². The minimum atomic E-state index is -0.0260. The molecule has 1 aromatic heterocycles. The van der Waals surface area contributed by atoms with Crippen molar-refractivity contribution < 1.29 is 9.21 Å². The van der Waals surface area contributed by atoms with Crippen LogP contribution < -0.4 is 0 Å². The maximum absolute atomic E-state index is 12.8. The third kappa shape index (κ3) is 2.61. The lowest BCUT2D eigenvalue weighted by molar-refractivity contribution is -0.138. The van der Waals surface area contributed by atoms with Gasteiger partial charge in [-0.3, -0.25) is 9.69 Å². The second-order valence-electron chi connectivity index (χ2n) is 7.13. The molecule has 114 valence electrons. The van der Waals surface area contributed by atoms with Crippen molar-refractivity contribution in [3.8, 4) is 0 Å². The molecule has 1 saturated carbocycles. The fraction of sp³-hybridized carbons (Fsp3) is 0.706. The van der Waals surface area contributed by atoms with Crippen LogP contribution in [0.4, 0.5) is 0 Å². The number of nitrogens with zero attached hydrogens (tertiary/aromatic N) is 2. The number of likely N-dealkylation sites (tertiary alicyclic amines) is 2. The number of furan rings is 1. The molecule has 0 atom stereocenters. The van der Waals surface area contributed by atoms with Crippen LogP contribution in [-0.2, 0) is 11.3 Å². The third-order valence-corrected chi connectivity index (χ3v) is 5.58. The first kappa shape index (κ1) is 13.4. The fourth-order valence-electron chi connectivity index (χ4n) is 3.92. The lowest BCUT2D eigenvalue weighted by Gasteiger charge is -2.37. The van der Waals surface area contributed by atoms with Crippen molar-refractivity contribution in [2.45, 2.75) is 38.6 Å². The van der Waals surface area contributed by atoms with E-state index < -0.39 is 0 Å². The first-order valence-electron chi connectivity index (χ1n) is 8.28. The molecule has 1 spiro atoms. The van der Waals surface area contributed by atoms with Crippen molar-refractivity contribution in [1.82, 2.24) is 9.80 Å². The standard InChI is InChI=1S/C17H24N2O2/c20-16-17(6-9-19(16)12-14-1-2-14)4-7-18(8-5-17)11-15-3-10-21-13-15/h3,10,13-14H,1-2,4-9,11-12H2. The van der Waals surface area contributed by atoms with E-state index in [0.29, 0.717) is 5.91 Å². The highest BCUT2D eigenvalue weighted by atomic mass is 16.3. The minimum absolute atomic E-state index is 0.0260. The van der Waals surface area contributed by atoms with Crippen molar-refractivity contribution in [2.75, 3.05) is 26.2 Å². The van der Waals surface area contributed by atoms with E-state index in [4.69, 9.17) is 4.42 Å². The van der Waals surface area contributed by atoms with Crippen LogP contribution in [-0.4, -0.2) is 41.9 Å². The molecule has 1 aliphatic carbocycles. The molecule has 3 heterocycles. The van der Waals surface area contributed by atoms with E-state index in [-0.39, 0.29) is 5.41 Å². The van der Waals surface area contributed by atoms with Gasteiger partial charge in [0.05, 0.1) is 17.9 Å². The average Bonchev–Trinajstić information content (AvgIpc) is 3.09. The number of piperidine rings is 1. The van der Waals surface area contributed by atoms with E-state index in [9.17, 15) is 4.79 Å². The Bertz CT molecular complexity index is 499. The summed E-state index contributed by atoms with van der Waals surface area (Å²) in [5.41, 5.74) is 1.21. The summed E-state index contributed by atoms with van der Waals surface area (Å²) in [6, 6.07) is 2.03. The lowest BCUT2D eigenvalue weighted by Crippen LogP contribution is -2.44. The minimum Gasteiger partial charge on any atom is -0.472 e. The van der Waals surface area contributed by atoms with Crippen LogP contribution in [0.2, 0.25) is 0 Å². The van der Waals surface area contributed by atoms with Crippen LogP contribution in [0.3, 0.4) is 0 Å². The molecule has 4 heteroatoms. The highest BCUT2D eigenvalue weighted by molar-refractivity contribution is 5.85. The number of hydrogen-bond donors (Lipinski definition) is 0. The molecular weight excluding hydrogens is 264 g/mol. The average molecular weight is 288 g/mol. The Labute approximate surface area is 126 Å². The molecule has 2 saturated heterocycles. The van der Waals surface area contributed by atoms with Gasteiger partial charge in [-0.05, 0) is 57.2 Å². The molecule has 4 nitrogen and oxygen atoms in total. The quantitative estimate of drug-likeness (QED) is 0.854. The van der Waals surface area contributed by atoms with Gasteiger partial charge >= 0.3 is 0 Å². The number of hydrogen-bond acceptors (Lipinski definition) is 3. The maximum atomic E-state index is 12.8. The predicted molar refractivity (Wildman–Crippen MR) is 79.6 cm³/mol. The molecule has 0 N–H and O–H groups in total. The van der Waals surface area contributed by atoms with Gasteiger partial charge in [-0.25, -0.2) is 0 Å². The van der Waals surface area contributed by atoms with Crippen LogP contribution in [0, 0.1) is 11.3 Å². The van der Waals surface area contributed by atoms with Gasteiger partial charge in [0, 0.05) is 25.2 Å². The molecule has 0 unspecified atom stereocenters. The second-order valence-corrected chi connectivity index (χ2v) is 7.13. The molecular formula is C17H24N2O2. The largest absolute Gasteiger partial charge is 0.472 e. The highest BCUT2D eigenvalue weighted by Gasteiger charge is 2.48. The molecule has 2 aliphatic heterocycles. The Morgan fingerprint density at radius 1 is 1.19 bits per heavy atom. The number of carbonyl (C=O) groups is 1. The normalized spacial score (nSPS) is 25.9. The summed E-state index contributed by atoms with van der Waals surface area (Å²) in [7, 11) is 0. The van der Waals surface area contributed by atoms with Gasteiger partial charge < -0.3 is 9.32 Å². The SMILES string of the molecule is O=C1N(CC2CC2)CCC12CCN(Cc1ccoc1)CC2. The maximum Gasteiger partial charge on any atom is 0.228 e. The first-order chi connectivity index (χ1) is 10.3. The third-order valence-electron chi connectivity index (χ3n) is 5.58. The summed E-state index contributed by atoms with van der Waals surface area (Å²) >= 11 is 0. The van der Waals surface area contributed by atoms with Crippen LogP contribution >= 0.6 is 0 Å². The van der Waals surface area contributed by atoms with E-state index in [1.807, 2.05) is 12.3 Å². The number of rotatable bonds is 4. The topological polar surface area (TPSA) is 36.7 Å². The summed E-state index contributed by atoms with van der Waals surface area (Å²) in [6.07, 6.45) is 9.36. The summed E-state index contributed by atoms with van der Waals surface area (Å²) in [5.74, 6) is 1.27. The Hall–Kier alpha value is -1.29. The monoisotopic (exact) mass is 288 g/mol. The molecule has 4 rings (SSSR count). The smallest absolute Gasteiger partial charge is 0.228 e. The highest BCUT2D eigenvalue weighted by Crippen LogP contribution is 2.43. The molecule has 1 aromatic rings. The van der Waals surface area contributed by atoms with Gasteiger partial charge in [0.2, 0.25) is 5.91 Å². The summed E-state index contributed by atoms with van der Waals surface area (Å²) in [5, 5.41) is 0. The van der Waals surface area contributed by atoms with Gasteiger partial charge in [-0.1, -0.05) is 0 Å². The van der Waals surface area contributed by atoms with Crippen molar-refractivity contribution in [2.24, 2.45) is 11.3 Å². The summed E-state index contributed by atoms with van der Waals surface area (Å²) in [6.45, 7) is 5.05.